The third kappa shape index (κ3) is 4.06. The minimum atomic E-state index is 0.0181. The summed E-state index contributed by atoms with van der Waals surface area (Å²) in [6.07, 6.45) is 6.41. The summed E-state index contributed by atoms with van der Waals surface area (Å²) in [5, 5.41) is 0. The topological polar surface area (TPSA) is 79.1 Å². The largest absolute Gasteiger partial charge is 0.495 e. The summed E-state index contributed by atoms with van der Waals surface area (Å²) >= 11 is 0. The van der Waals surface area contributed by atoms with Gasteiger partial charge in [-0.1, -0.05) is 0 Å². The molecular weight excluding hydrogens is 380 g/mol. The van der Waals surface area contributed by atoms with Gasteiger partial charge in [-0.15, -0.1) is 0 Å². The second kappa shape index (κ2) is 8.26. The minimum absolute atomic E-state index is 0.0181. The van der Waals surface area contributed by atoms with Crippen LogP contribution < -0.4 is 15.0 Å². The maximum atomic E-state index is 12.2. The first kappa shape index (κ1) is 20.1. The highest BCUT2D eigenvalue weighted by atomic mass is 16.5. The third-order valence-electron chi connectivity index (χ3n) is 5.52. The van der Waals surface area contributed by atoms with Gasteiger partial charge in [-0.2, -0.15) is 4.98 Å². The molecule has 0 amide bonds. The van der Waals surface area contributed by atoms with E-state index in [-0.39, 0.29) is 5.56 Å². The van der Waals surface area contributed by atoms with Gasteiger partial charge in [0.15, 0.2) is 0 Å². The first-order valence-corrected chi connectivity index (χ1v) is 10.2. The lowest BCUT2D eigenvalue weighted by Gasteiger charge is -2.13. The van der Waals surface area contributed by atoms with E-state index in [0.29, 0.717) is 42.3 Å². The molecule has 3 aromatic rings. The smallest absolute Gasteiger partial charge is 0.253 e. The van der Waals surface area contributed by atoms with Crippen molar-refractivity contribution in [3.63, 3.8) is 0 Å². The van der Waals surface area contributed by atoms with Crippen LogP contribution >= 0.6 is 0 Å². The molecule has 0 aromatic carbocycles. The molecular formula is C23H26N4O3. The lowest BCUT2D eigenvalue weighted by molar-refractivity contribution is 0.285. The fraction of sp³-hybridized carbons (Fsp3) is 0.391. The van der Waals surface area contributed by atoms with Crippen molar-refractivity contribution in [2.45, 2.75) is 39.7 Å². The van der Waals surface area contributed by atoms with Crippen LogP contribution in [-0.4, -0.2) is 33.2 Å². The van der Waals surface area contributed by atoms with Gasteiger partial charge >= 0.3 is 0 Å². The Morgan fingerprint density at radius 2 is 2.03 bits per heavy atom. The fourth-order valence-electron chi connectivity index (χ4n) is 3.64. The molecule has 0 saturated heterocycles. The van der Waals surface area contributed by atoms with Crippen molar-refractivity contribution in [1.29, 1.82) is 0 Å². The highest BCUT2D eigenvalue weighted by Crippen LogP contribution is 2.47. The molecule has 0 spiro atoms. The zero-order valence-electron chi connectivity index (χ0n) is 17.8. The van der Waals surface area contributed by atoms with Crippen LogP contribution in [0, 0.1) is 19.8 Å². The molecule has 2 unspecified atom stereocenters. The van der Waals surface area contributed by atoms with Crippen LogP contribution in [0.25, 0.3) is 11.1 Å². The van der Waals surface area contributed by atoms with Gasteiger partial charge in [0.2, 0.25) is 5.88 Å². The zero-order valence-corrected chi connectivity index (χ0v) is 17.8. The Hall–Kier alpha value is -3.22. The van der Waals surface area contributed by atoms with E-state index in [1.165, 1.54) is 0 Å². The minimum Gasteiger partial charge on any atom is -0.495 e. The van der Waals surface area contributed by atoms with E-state index in [1.54, 1.807) is 24.1 Å². The molecule has 156 valence electrons. The molecule has 30 heavy (non-hydrogen) atoms. The Balaban J connectivity index is 1.52. The van der Waals surface area contributed by atoms with E-state index < -0.39 is 0 Å². The summed E-state index contributed by atoms with van der Waals surface area (Å²) in [5.74, 6) is 2.76. The highest BCUT2D eigenvalue weighted by Gasteiger charge is 2.40. The van der Waals surface area contributed by atoms with Gasteiger partial charge in [0.05, 0.1) is 25.5 Å². The number of pyridine rings is 2. The summed E-state index contributed by atoms with van der Waals surface area (Å²) in [7, 11) is 1.64. The normalized spacial score (nSPS) is 17.6. The highest BCUT2D eigenvalue weighted by molar-refractivity contribution is 5.67. The average molecular weight is 406 g/mol. The van der Waals surface area contributed by atoms with Crippen LogP contribution in [0.4, 0.5) is 0 Å². The molecule has 3 aromatic heterocycles. The molecule has 0 bridgehead atoms. The van der Waals surface area contributed by atoms with E-state index in [1.807, 2.05) is 45.2 Å². The van der Waals surface area contributed by atoms with Crippen LogP contribution in [0.1, 0.15) is 36.3 Å². The van der Waals surface area contributed by atoms with Gasteiger partial charge in [-0.25, -0.2) is 4.98 Å². The van der Waals surface area contributed by atoms with Crippen molar-refractivity contribution in [2.75, 3.05) is 13.7 Å². The molecule has 1 aliphatic carbocycles. The van der Waals surface area contributed by atoms with Gasteiger partial charge < -0.3 is 14.0 Å². The summed E-state index contributed by atoms with van der Waals surface area (Å²) in [4.78, 5) is 25.6. The van der Waals surface area contributed by atoms with Gasteiger partial charge in [0, 0.05) is 47.6 Å². The van der Waals surface area contributed by atoms with E-state index >= 15 is 0 Å². The Bertz CT molecular complexity index is 1110. The number of hydrogen-bond donors (Lipinski definition) is 0. The molecule has 2 atom stereocenters. The molecule has 7 nitrogen and oxygen atoms in total. The van der Waals surface area contributed by atoms with Crippen molar-refractivity contribution < 1.29 is 9.47 Å². The Kier molecular flexibility index (Phi) is 5.53. The Morgan fingerprint density at radius 1 is 1.20 bits per heavy atom. The first-order valence-electron chi connectivity index (χ1n) is 10.2. The van der Waals surface area contributed by atoms with Gasteiger partial charge in [-0.05, 0) is 45.4 Å². The molecule has 1 fully saturated rings. The monoisotopic (exact) mass is 406 g/mol. The van der Waals surface area contributed by atoms with Gasteiger partial charge in [0.25, 0.3) is 5.56 Å². The summed E-state index contributed by atoms with van der Waals surface area (Å²) in [6, 6.07) is 5.83. The zero-order chi connectivity index (χ0) is 21.3. The number of ether oxygens (including phenoxy) is 2. The SMILES string of the molecule is CCn1cc(-c2cnc(C)nc2OCC2CC2c2ccc(OC)cn2)cc(C)c1=O. The maximum absolute atomic E-state index is 12.2. The molecule has 7 heteroatoms. The third-order valence-corrected chi connectivity index (χ3v) is 5.52. The predicted molar refractivity (Wildman–Crippen MR) is 114 cm³/mol. The van der Waals surface area contributed by atoms with Crippen LogP contribution in [-0.2, 0) is 6.54 Å². The van der Waals surface area contributed by atoms with Crippen molar-refractivity contribution in [3.05, 3.63) is 64.2 Å². The number of nitrogens with zero attached hydrogens (tertiary/aromatic N) is 4. The summed E-state index contributed by atoms with van der Waals surface area (Å²) in [5.41, 5.74) is 3.45. The second-order valence-electron chi connectivity index (χ2n) is 7.68. The van der Waals surface area contributed by atoms with E-state index in [9.17, 15) is 4.79 Å². The Labute approximate surface area is 175 Å². The Morgan fingerprint density at radius 3 is 2.73 bits per heavy atom. The van der Waals surface area contributed by atoms with Crippen molar-refractivity contribution >= 4 is 0 Å². The van der Waals surface area contributed by atoms with E-state index in [0.717, 1.165) is 29.0 Å². The number of aromatic nitrogens is 4. The lowest BCUT2D eigenvalue weighted by Crippen LogP contribution is -2.21. The van der Waals surface area contributed by atoms with Crippen molar-refractivity contribution in [1.82, 2.24) is 19.5 Å². The van der Waals surface area contributed by atoms with Gasteiger partial charge in [0.1, 0.15) is 11.6 Å². The molecule has 0 N–H and O–H groups in total. The molecule has 4 rings (SSSR count). The molecule has 0 aliphatic heterocycles. The van der Waals surface area contributed by atoms with Crippen molar-refractivity contribution in [3.8, 4) is 22.8 Å². The summed E-state index contributed by atoms with van der Waals surface area (Å²) < 4.78 is 13.0. The van der Waals surface area contributed by atoms with Crippen LogP contribution in [0.15, 0.2) is 41.6 Å². The maximum Gasteiger partial charge on any atom is 0.253 e. The molecule has 1 aliphatic rings. The number of aryl methyl sites for hydroxylation is 3. The molecule has 3 heterocycles. The van der Waals surface area contributed by atoms with Crippen LogP contribution in [0.5, 0.6) is 11.6 Å². The van der Waals surface area contributed by atoms with E-state index in [4.69, 9.17) is 9.47 Å². The van der Waals surface area contributed by atoms with Crippen LogP contribution in [0.2, 0.25) is 0 Å². The van der Waals surface area contributed by atoms with Crippen molar-refractivity contribution in [2.24, 2.45) is 5.92 Å². The average Bonchev–Trinajstić information content (AvgIpc) is 3.54. The predicted octanol–water partition coefficient (Wildman–Crippen LogP) is 3.53. The second-order valence-corrected chi connectivity index (χ2v) is 7.68. The van der Waals surface area contributed by atoms with Crippen LogP contribution in [0.3, 0.4) is 0 Å². The quantitative estimate of drug-likeness (QED) is 0.597. The number of hydrogen-bond acceptors (Lipinski definition) is 6. The molecule has 1 saturated carbocycles. The lowest BCUT2D eigenvalue weighted by atomic mass is 10.1. The first-order chi connectivity index (χ1) is 14.5. The van der Waals surface area contributed by atoms with E-state index in [2.05, 4.69) is 15.0 Å². The number of methoxy groups -OCH3 is 1. The fourth-order valence-corrected chi connectivity index (χ4v) is 3.64. The number of rotatable bonds is 7. The van der Waals surface area contributed by atoms with Gasteiger partial charge in [-0.3, -0.25) is 9.78 Å². The summed E-state index contributed by atoms with van der Waals surface area (Å²) in [6.45, 7) is 6.79. The molecule has 0 radical (unpaired) electrons. The standard InChI is InChI=1S/C23H26N4O3/c1-5-27-12-16(8-14(2)23(27)28)20-11-24-15(3)26-22(20)30-13-17-9-19(17)21-7-6-18(29-4)10-25-21/h6-8,10-12,17,19H,5,9,13H2,1-4H3.